The minimum atomic E-state index is -0.946. The molecule has 1 aromatic rings. The number of hydrogen-bond acceptors (Lipinski definition) is 3. The normalized spacial score (nSPS) is 17.0. The predicted molar refractivity (Wildman–Crippen MR) is 82.5 cm³/mol. The van der Waals surface area contributed by atoms with Crippen molar-refractivity contribution >= 4 is 5.97 Å². The van der Waals surface area contributed by atoms with Gasteiger partial charge in [0.25, 0.3) is 0 Å². The number of nitrogens with one attached hydrogen (secondary N) is 1. The smallest absolute Gasteiger partial charge is 0.341 e. The van der Waals surface area contributed by atoms with E-state index in [4.69, 9.17) is 9.84 Å². The summed E-state index contributed by atoms with van der Waals surface area (Å²) in [5, 5.41) is 12.3. The van der Waals surface area contributed by atoms with Crippen LogP contribution in [-0.2, 0) is 11.3 Å². The fraction of sp³-hybridized carbons (Fsp3) is 0.588. The Hall–Kier alpha value is -1.55. The third-order valence-corrected chi connectivity index (χ3v) is 4.01. The first-order valence-electron chi connectivity index (χ1n) is 7.91. The summed E-state index contributed by atoms with van der Waals surface area (Å²) in [6.07, 6.45) is 9.13. The Morgan fingerprint density at radius 2 is 1.81 bits per heavy atom. The molecule has 0 aliphatic heterocycles. The molecule has 1 aliphatic carbocycles. The number of aliphatic carboxylic acids is 1. The number of ether oxygens (including phenoxy) is 1. The van der Waals surface area contributed by atoms with Gasteiger partial charge < -0.3 is 15.2 Å². The lowest BCUT2D eigenvalue weighted by Gasteiger charge is -2.21. The van der Waals surface area contributed by atoms with Gasteiger partial charge in [0.05, 0.1) is 0 Å². The van der Waals surface area contributed by atoms with E-state index in [0.717, 1.165) is 12.1 Å². The molecule has 4 nitrogen and oxygen atoms in total. The molecule has 0 atom stereocenters. The van der Waals surface area contributed by atoms with Crippen molar-refractivity contribution in [3.8, 4) is 5.75 Å². The van der Waals surface area contributed by atoms with E-state index in [9.17, 15) is 4.79 Å². The molecule has 0 radical (unpaired) electrons. The first-order valence-corrected chi connectivity index (χ1v) is 7.91. The lowest BCUT2D eigenvalue weighted by molar-refractivity contribution is -0.139. The molecule has 0 bridgehead atoms. The number of carbonyl (C=O) groups is 1. The molecule has 21 heavy (non-hydrogen) atoms. The predicted octanol–water partition coefficient (Wildman–Crippen LogP) is 3.35. The van der Waals surface area contributed by atoms with Gasteiger partial charge in [-0.2, -0.15) is 0 Å². The van der Waals surface area contributed by atoms with E-state index in [1.165, 1.54) is 44.9 Å². The van der Waals surface area contributed by atoms with Gasteiger partial charge in [-0.25, -0.2) is 4.79 Å². The Balaban J connectivity index is 1.87. The Bertz CT molecular complexity index is 439. The molecular weight excluding hydrogens is 266 g/mol. The summed E-state index contributed by atoms with van der Waals surface area (Å²) in [7, 11) is 0. The summed E-state index contributed by atoms with van der Waals surface area (Å²) < 4.78 is 5.34. The zero-order chi connectivity index (χ0) is 14.9. The highest BCUT2D eigenvalue weighted by molar-refractivity contribution is 5.68. The maximum absolute atomic E-state index is 10.6. The van der Waals surface area contributed by atoms with E-state index >= 15 is 0 Å². The fourth-order valence-electron chi connectivity index (χ4n) is 2.84. The molecule has 0 heterocycles. The Kier molecular flexibility index (Phi) is 6.54. The molecule has 0 spiro atoms. The zero-order valence-electron chi connectivity index (χ0n) is 12.5. The molecule has 1 fully saturated rings. The van der Waals surface area contributed by atoms with E-state index in [2.05, 4.69) is 5.32 Å². The quantitative estimate of drug-likeness (QED) is 0.844. The second kappa shape index (κ2) is 8.67. The maximum Gasteiger partial charge on any atom is 0.341 e. The highest BCUT2D eigenvalue weighted by Gasteiger charge is 2.12. The van der Waals surface area contributed by atoms with Crippen LogP contribution in [0.5, 0.6) is 5.75 Å². The fourth-order valence-corrected chi connectivity index (χ4v) is 2.84. The molecule has 2 N–H and O–H groups in total. The van der Waals surface area contributed by atoms with Crippen molar-refractivity contribution in [2.75, 3.05) is 6.61 Å². The molecule has 0 unspecified atom stereocenters. The Morgan fingerprint density at radius 3 is 2.52 bits per heavy atom. The summed E-state index contributed by atoms with van der Waals surface area (Å²) in [6, 6.07) is 8.22. The molecule has 1 aliphatic rings. The van der Waals surface area contributed by atoms with Gasteiger partial charge in [0.15, 0.2) is 6.61 Å². The second-order valence-corrected chi connectivity index (χ2v) is 5.71. The van der Waals surface area contributed by atoms with Gasteiger partial charge in [-0.1, -0.05) is 50.3 Å². The van der Waals surface area contributed by atoms with Crippen molar-refractivity contribution in [3.05, 3.63) is 29.8 Å². The molecule has 4 heteroatoms. The van der Waals surface area contributed by atoms with Crippen LogP contribution in [0.15, 0.2) is 24.3 Å². The van der Waals surface area contributed by atoms with E-state index < -0.39 is 5.97 Å². The number of hydrogen-bond donors (Lipinski definition) is 2. The molecular formula is C17H25NO3. The van der Waals surface area contributed by atoms with Crippen molar-refractivity contribution in [1.82, 2.24) is 5.32 Å². The van der Waals surface area contributed by atoms with Crippen molar-refractivity contribution in [3.63, 3.8) is 0 Å². The Labute approximate surface area is 126 Å². The van der Waals surface area contributed by atoms with Crippen LogP contribution in [0.25, 0.3) is 0 Å². The van der Waals surface area contributed by atoms with Gasteiger partial charge in [-0.05, 0) is 18.9 Å². The molecule has 2 rings (SSSR count). The van der Waals surface area contributed by atoms with Gasteiger partial charge in [-0.3, -0.25) is 0 Å². The molecule has 0 aromatic heterocycles. The first kappa shape index (κ1) is 15.8. The molecule has 1 saturated carbocycles. The summed E-state index contributed by atoms with van der Waals surface area (Å²) in [4.78, 5) is 10.6. The minimum Gasteiger partial charge on any atom is -0.482 e. The first-order chi connectivity index (χ1) is 10.3. The standard InChI is InChI=1S/C17H25NO3/c19-17(20)13-21-16-11-7-6-8-14(16)12-18-15-9-4-2-1-3-5-10-15/h6-8,11,15,18H,1-5,9-10,12-13H2,(H,19,20). The maximum atomic E-state index is 10.6. The van der Waals surface area contributed by atoms with Crippen LogP contribution < -0.4 is 10.1 Å². The van der Waals surface area contributed by atoms with Crippen molar-refractivity contribution in [2.45, 2.75) is 57.5 Å². The lowest BCUT2D eigenvalue weighted by atomic mass is 9.96. The topological polar surface area (TPSA) is 58.6 Å². The van der Waals surface area contributed by atoms with Crippen LogP contribution in [0.4, 0.5) is 0 Å². The van der Waals surface area contributed by atoms with Crippen molar-refractivity contribution in [2.24, 2.45) is 0 Å². The van der Waals surface area contributed by atoms with E-state index in [1.807, 2.05) is 24.3 Å². The third kappa shape index (κ3) is 5.76. The molecule has 0 saturated heterocycles. The number of para-hydroxylation sites is 1. The van der Waals surface area contributed by atoms with Crippen LogP contribution in [-0.4, -0.2) is 23.7 Å². The number of carboxylic acids is 1. The molecule has 1 aromatic carbocycles. The van der Waals surface area contributed by atoms with Gasteiger partial charge in [0.2, 0.25) is 0 Å². The average molecular weight is 291 g/mol. The van der Waals surface area contributed by atoms with Gasteiger partial charge in [-0.15, -0.1) is 0 Å². The largest absolute Gasteiger partial charge is 0.482 e. The van der Waals surface area contributed by atoms with Crippen LogP contribution in [0.3, 0.4) is 0 Å². The SMILES string of the molecule is O=C(O)COc1ccccc1CNC1CCCCCCC1. The second-order valence-electron chi connectivity index (χ2n) is 5.71. The van der Waals surface area contributed by atoms with Gasteiger partial charge >= 0.3 is 5.97 Å². The zero-order valence-corrected chi connectivity index (χ0v) is 12.5. The van der Waals surface area contributed by atoms with Gasteiger partial charge in [0, 0.05) is 18.2 Å². The Morgan fingerprint density at radius 1 is 1.14 bits per heavy atom. The third-order valence-electron chi connectivity index (χ3n) is 4.01. The molecule has 0 amide bonds. The molecule has 116 valence electrons. The number of rotatable bonds is 6. The number of carboxylic acid groups (broad SMARTS) is 1. The average Bonchev–Trinajstić information content (AvgIpc) is 2.45. The summed E-state index contributed by atoms with van der Waals surface area (Å²) >= 11 is 0. The van der Waals surface area contributed by atoms with Crippen molar-refractivity contribution in [1.29, 1.82) is 0 Å². The van der Waals surface area contributed by atoms with Gasteiger partial charge in [0.1, 0.15) is 5.75 Å². The van der Waals surface area contributed by atoms with E-state index in [0.29, 0.717) is 11.8 Å². The van der Waals surface area contributed by atoms with Crippen LogP contribution in [0.1, 0.15) is 50.5 Å². The van der Waals surface area contributed by atoms with Crippen molar-refractivity contribution < 1.29 is 14.6 Å². The van der Waals surface area contributed by atoms with Crippen LogP contribution in [0.2, 0.25) is 0 Å². The summed E-state index contributed by atoms with van der Waals surface area (Å²) in [6.45, 7) is 0.445. The minimum absolute atomic E-state index is 0.291. The number of benzene rings is 1. The summed E-state index contributed by atoms with van der Waals surface area (Å²) in [5.74, 6) is -0.281. The van der Waals surface area contributed by atoms with Crippen LogP contribution >= 0.6 is 0 Å². The lowest BCUT2D eigenvalue weighted by Crippen LogP contribution is -2.29. The summed E-state index contributed by atoms with van der Waals surface area (Å²) in [5.41, 5.74) is 1.03. The highest BCUT2D eigenvalue weighted by atomic mass is 16.5. The monoisotopic (exact) mass is 291 g/mol. The highest BCUT2D eigenvalue weighted by Crippen LogP contribution is 2.20. The van der Waals surface area contributed by atoms with E-state index in [1.54, 1.807) is 0 Å². The van der Waals surface area contributed by atoms with E-state index in [-0.39, 0.29) is 6.61 Å². The van der Waals surface area contributed by atoms with Crippen LogP contribution in [0, 0.1) is 0 Å².